The lowest BCUT2D eigenvalue weighted by Gasteiger charge is -2.13. The van der Waals surface area contributed by atoms with Crippen LogP contribution in [-0.4, -0.2) is 49.1 Å². The average Bonchev–Trinajstić information content (AvgIpc) is 3.34. The molecule has 1 aliphatic heterocycles. The minimum absolute atomic E-state index is 0.194. The zero-order valence-corrected chi connectivity index (χ0v) is 18.9. The highest BCUT2D eigenvalue weighted by atomic mass is 32.1. The molecular weight excluding hydrogens is 446 g/mol. The summed E-state index contributed by atoms with van der Waals surface area (Å²) >= 11 is 1.28. The van der Waals surface area contributed by atoms with Crippen LogP contribution in [0.25, 0.3) is 10.2 Å². The van der Waals surface area contributed by atoms with Crippen molar-refractivity contribution >= 4 is 50.9 Å². The number of nitrogens with zero attached hydrogens (tertiary/aromatic N) is 3. The van der Waals surface area contributed by atoms with Gasteiger partial charge in [0.25, 0.3) is 5.91 Å². The van der Waals surface area contributed by atoms with Gasteiger partial charge >= 0.3 is 5.97 Å². The van der Waals surface area contributed by atoms with E-state index in [0.717, 1.165) is 15.1 Å². The molecular formula is C23H21N3O6S. The summed E-state index contributed by atoms with van der Waals surface area (Å²) in [6, 6.07) is 11.4. The molecule has 1 aliphatic rings. The highest BCUT2D eigenvalue weighted by molar-refractivity contribution is 7.16. The van der Waals surface area contributed by atoms with Crippen molar-refractivity contribution in [1.82, 2.24) is 4.57 Å². The molecule has 0 atom stereocenters. The number of benzene rings is 2. The molecule has 2 heterocycles. The van der Waals surface area contributed by atoms with E-state index in [1.165, 1.54) is 18.4 Å². The Hall–Kier alpha value is -3.63. The summed E-state index contributed by atoms with van der Waals surface area (Å²) in [6.07, 6.45) is 0.389. The number of aromatic nitrogens is 1. The molecule has 10 heteroatoms. The number of amides is 3. The van der Waals surface area contributed by atoms with Crippen molar-refractivity contribution in [3.05, 3.63) is 58.4 Å². The number of rotatable bonds is 6. The lowest BCUT2D eigenvalue weighted by atomic mass is 10.2. The van der Waals surface area contributed by atoms with Crippen molar-refractivity contribution in [2.24, 2.45) is 4.99 Å². The van der Waals surface area contributed by atoms with Gasteiger partial charge in [0.05, 0.1) is 35.2 Å². The van der Waals surface area contributed by atoms with Crippen molar-refractivity contribution in [3.8, 4) is 0 Å². The largest absolute Gasteiger partial charge is 0.465 e. The summed E-state index contributed by atoms with van der Waals surface area (Å²) in [5.41, 5.74) is 1.98. The van der Waals surface area contributed by atoms with E-state index < -0.39 is 11.9 Å². The number of imide groups is 1. The Morgan fingerprint density at radius 3 is 2.30 bits per heavy atom. The molecule has 9 nitrogen and oxygen atoms in total. The summed E-state index contributed by atoms with van der Waals surface area (Å²) in [4.78, 5) is 54.5. The Balaban J connectivity index is 1.69. The maximum atomic E-state index is 12.9. The van der Waals surface area contributed by atoms with E-state index in [0.29, 0.717) is 34.8 Å². The normalized spacial score (nSPS) is 14.4. The number of carbonyl (C=O) groups excluding carboxylic acids is 4. The summed E-state index contributed by atoms with van der Waals surface area (Å²) in [7, 11) is 2.91. The van der Waals surface area contributed by atoms with Crippen LogP contribution >= 0.6 is 11.3 Å². The summed E-state index contributed by atoms with van der Waals surface area (Å²) < 4.78 is 12.6. The zero-order valence-electron chi connectivity index (χ0n) is 18.1. The van der Waals surface area contributed by atoms with E-state index in [1.54, 1.807) is 49.6 Å². The van der Waals surface area contributed by atoms with Crippen LogP contribution in [0.2, 0.25) is 0 Å². The van der Waals surface area contributed by atoms with Crippen molar-refractivity contribution < 1.29 is 28.7 Å². The van der Waals surface area contributed by atoms with Crippen LogP contribution in [0.5, 0.6) is 0 Å². The lowest BCUT2D eigenvalue weighted by molar-refractivity contribution is -0.121. The number of carbonyl (C=O) groups is 4. The molecule has 1 fully saturated rings. The summed E-state index contributed by atoms with van der Waals surface area (Å²) in [5, 5.41) is 0. The van der Waals surface area contributed by atoms with Gasteiger partial charge in [-0.3, -0.25) is 19.3 Å². The summed E-state index contributed by atoms with van der Waals surface area (Å²) in [5.74, 6) is -1.41. The predicted octanol–water partition coefficient (Wildman–Crippen LogP) is 2.53. The standard InChI is InChI=1S/C23H21N3O6S/c1-31-12-11-25-17-8-5-15(22(30)32-2)13-18(17)33-23(25)24-21(29)14-3-6-16(7-4-14)26-19(27)9-10-20(26)28/h3-8,13H,9-12H2,1-2H3. The molecule has 4 rings (SSSR count). The van der Waals surface area contributed by atoms with E-state index in [9.17, 15) is 19.2 Å². The fourth-order valence-corrected chi connectivity index (χ4v) is 4.66. The second kappa shape index (κ2) is 9.47. The van der Waals surface area contributed by atoms with Gasteiger partial charge in [-0.15, -0.1) is 0 Å². The first-order valence-corrected chi connectivity index (χ1v) is 11.0. The topological polar surface area (TPSA) is 107 Å². The van der Waals surface area contributed by atoms with Gasteiger partial charge in [-0.05, 0) is 42.5 Å². The molecule has 170 valence electrons. The predicted molar refractivity (Wildman–Crippen MR) is 121 cm³/mol. The Morgan fingerprint density at radius 1 is 1.00 bits per heavy atom. The number of methoxy groups -OCH3 is 2. The molecule has 1 aromatic heterocycles. The number of fused-ring (bicyclic) bond motifs is 1. The van der Waals surface area contributed by atoms with Crippen LogP contribution in [0, 0.1) is 0 Å². The van der Waals surface area contributed by atoms with E-state index in [-0.39, 0.29) is 24.7 Å². The van der Waals surface area contributed by atoms with Gasteiger partial charge in [0, 0.05) is 32.1 Å². The van der Waals surface area contributed by atoms with Crippen molar-refractivity contribution in [2.75, 3.05) is 25.7 Å². The molecule has 3 amide bonds. The molecule has 2 aromatic carbocycles. The van der Waals surface area contributed by atoms with Crippen LogP contribution in [0.4, 0.5) is 5.69 Å². The number of ether oxygens (including phenoxy) is 2. The Bertz CT molecular complexity index is 1310. The minimum atomic E-state index is -0.466. The molecule has 0 bridgehead atoms. The SMILES string of the molecule is COCCn1c(=NC(=O)c2ccc(N3C(=O)CCC3=O)cc2)sc2cc(C(=O)OC)ccc21. The van der Waals surface area contributed by atoms with E-state index in [4.69, 9.17) is 9.47 Å². The smallest absolute Gasteiger partial charge is 0.337 e. The number of hydrogen-bond acceptors (Lipinski definition) is 7. The summed E-state index contributed by atoms with van der Waals surface area (Å²) in [6.45, 7) is 0.886. The highest BCUT2D eigenvalue weighted by Crippen LogP contribution is 2.23. The van der Waals surface area contributed by atoms with Crippen LogP contribution in [0.1, 0.15) is 33.6 Å². The first kappa shape index (κ1) is 22.6. The molecule has 0 unspecified atom stereocenters. The first-order valence-electron chi connectivity index (χ1n) is 10.2. The third-order valence-corrected chi connectivity index (χ3v) is 6.29. The zero-order chi connectivity index (χ0) is 23.5. The van der Waals surface area contributed by atoms with E-state index in [2.05, 4.69) is 4.99 Å². The first-order chi connectivity index (χ1) is 15.9. The highest BCUT2D eigenvalue weighted by Gasteiger charge is 2.30. The molecule has 0 radical (unpaired) electrons. The van der Waals surface area contributed by atoms with Gasteiger partial charge in [-0.1, -0.05) is 11.3 Å². The fourth-order valence-electron chi connectivity index (χ4n) is 3.57. The monoisotopic (exact) mass is 467 g/mol. The maximum Gasteiger partial charge on any atom is 0.337 e. The average molecular weight is 468 g/mol. The van der Waals surface area contributed by atoms with Crippen LogP contribution in [-0.2, 0) is 25.6 Å². The van der Waals surface area contributed by atoms with Gasteiger partial charge in [0.15, 0.2) is 4.80 Å². The fraction of sp³-hybridized carbons (Fsp3) is 0.261. The quantitative estimate of drug-likeness (QED) is 0.407. The molecule has 0 spiro atoms. The molecule has 0 saturated carbocycles. The second-order valence-corrected chi connectivity index (χ2v) is 8.30. The van der Waals surface area contributed by atoms with Crippen LogP contribution < -0.4 is 9.70 Å². The number of thiazole rings is 1. The molecule has 33 heavy (non-hydrogen) atoms. The van der Waals surface area contributed by atoms with Crippen LogP contribution in [0.15, 0.2) is 47.5 Å². The van der Waals surface area contributed by atoms with Crippen molar-refractivity contribution in [1.29, 1.82) is 0 Å². The Morgan fingerprint density at radius 2 is 1.67 bits per heavy atom. The lowest BCUT2D eigenvalue weighted by Crippen LogP contribution is -2.28. The van der Waals surface area contributed by atoms with Gasteiger partial charge in [0.1, 0.15) is 0 Å². The van der Waals surface area contributed by atoms with Gasteiger partial charge in [-0.25, -0.2) is 4.79 Å². The number of hydrogen-bond donors (Lipinski definition) is 0. The number of esters is 1. The molecule has 3 aromatic rings. The molecule has 0 N–H and O–H groups in total. The second-order valence-electron chi connectivity index (χ2n) is 7.29. The molecule has 1 saturated heterocycles. The van der Waals surface area contributed by atoms with Crippen molar-refractivity contribution in [3.63, 3.8) is 0 Å². The third-order valence-electron chi connectivity index (χ3n) is 5.24. The molecule has 0 aliphatic carbocycles. The van der Waals surface area contributed by atoms with E-state index in [1.807, 2.05) is 4.57 Å². The van der Waals surface area contributed by atoms with E-state index >= 15 is 0 Å². The maximum absolute atomic E-state index is 12.9. The Kier molecular flexibility index (Phi) is 6.47. The Labute approximate surface area is 192 Å². The number of anilines is 1. The van der Waals surface area contributed by atoms with Gasteiger partial charge in [-0.2, -0.15) is 4.99 Å². The van der Waals surface area contributed by atoms with Gasteiger partial charge in [0.2, 0.25) is 11.8 Å². The van der Waals surface area contributed by atoms with Crippen LogP contribution in [0.3, 0.4) is 0 Å². The van der Waals surface area contributed by atoms with Gasteiger partial charge < -0.3 is 14.0 Å². The van der Waals surface area contributed by atoms with Crippen molar-refractivity contribution in [2.45, 2.75) is 19.4 Å². The third kappa shape index (κ3) is 4.48. The minimum Gasteiger partial charge on any atom is -0.465 e.